The van der Waals surface area contributed by atoms with Crippen molar-refractivity contribution >= 4 is 29.0 Å². The number of aromatic nitrogens is 3. The predicted molar refractivity (Wildman–Crippen MR) is 113 cm³/mol. The number of carbonyl (C=O) groups excluding carboxylic acids is 1. The molecule has 0 spiro atoms. The van der Waals surface area contributed by atoms with Crippen molar-refractivity contribution in [1.82, 2.24) is 20.3 Å². The molecule has 3 aromatic rings. The Morgan fingerprint density at radius 2 is 2.03 bits per heavy atom. The third-order valence-electron chi connectivity index (χ3n) is 4.61. The van der Waals surface area contributed by atoms with E-state index >= 15 is 0 Å². The Balaban J connectivity index is 1.34. The zero-order chi connectivity index (χ0) is 20.1. The van der Waals surface area contributed by atoms with Gasteiger partial charge in [-0.1, -0.05) is 6.07 Å². The highest BCUT2D eigenvalue weighted by molar-refractivity contribution is 7.13. The normalized spacial score (nSPS) is 16.9. The van der Waals surface area contributed by atoms with E-state index in [1.165, 1.54) is 11.3 Å². The first-order chi connectivity index (χ1) is 14.2. The monoisotopic (exact) mass is 410 g/mol. The number of ether oxygens (including phenoxy) is 1. The Morgan fingerprint density at radius 1 is 1.21 bits per heavy atom. The van der Waals surface area contributed by atoms with Crippen LogP contribution < -0.4 is 20.7 Å². The first kappa shape index (κ1) is 19.3. The average Bonchev–Trinajstić information content (AvgIpc) is 3.41. The SMILES string of the molecule is CC(Oc1cccc(NC(=O)Nc2csc(-c3ccncc3)n2)n1)C1CCCN1. The predicted octanol–water partition coefficient (Wildman–Crippen LogP) is 3.76. The summed E-state index contributed by atoms with van der Waals surface area (Å²) in [6, 6.07) is 8.98. The van der Waals surface area contributed by atoms with Gasteiger partial charge in [0.2, 0.25) is 5.88 Å². The fourth-order valence-corrected chi connectivity index (χ4v) is 3.92. The van der Waals surface area contributed by atoms with E-state index in [4.69, 9.17) is 4.74 Å². The molecule has 29 heavy (non-hydrogen) atoms. The van der Waals surface area contributed by atoms with Gasteiger partial charge in [-0.15, -0.1) is 11.3 Å². The number of pyridine rings is 2. The second-order valence-corrected chi connectivity index (χ2v) is 7.60. The summed E-state index contributed by atoms with van der Waals surface area (Å²) in [6.45, 7) is 3.05. The molecule has 0 bridgehead atoms. The fraction of sp³-hybridized carbons (Fsp3) is 0.300. The molecule has 1 saturated heterocycles. The van der Waals surface area contributed by atoms with Gasteiger partial charge in [0.05, 0.1) is 0 Å². The van der Waals surface area contributed by atoms with Crippen LogP contribution in [0.1, 0.15) is 19.8 Å². The number of nitrogens with zero attached hydrogens (tertiary/aromatic N) is 3. The second kappa shape index (κ2) is 8.97. The third kappa shape index (κ3) is 5.07. The molecular weight excluding hydrogens is 388 g/mol. The van der Waals surface area contributed by atoms with Gasteiger partial charge in [0.25, 0.3) is 0 Å². The minimum Gasteiger partial charge on any atom is -0.473 e. The molecule has 3 N–H and O–H groups in total. The number of rotatable bonds is 6. The van der Waals surface area contributed by atoms with Gasteiger partial charge in [0.15, 0.2) is 0 Å². The molecule has 0 radical (unpaired) electrons. The summed E-state index contributed by atoms with van der Waals surface area (Å²) in [6.07, 6.45) is 5.68. The van der Waals surface area contributed by atoms with Crippen molar-refractivity contribution in [3.05, 3.63) is 48.1 Å². The summed E-state index contributed by atoms with van der Waals surface area (Å²) in [5.74, 6) is 1.38. The van der Waals surface area contributed by atoms with E-state index in [2.05, 4.69) is 30.9 Å². The highest BCUT2D eigenvalue weighted by Crippen LogP contribution is 2.25. The smallest absolute Gasteiger partial charge is 0.326 e. The van der Waals surface area contributed by atoms with E-state index < -0.39 is 6.03 Å². The maximum Gasteiger partial charge on any atom is 0.326 e. The van der Waals surface area contributed by atoms with Crippen molar-refractivity contribution in [2.45, 2.75) is 31.9 Å². The van der Waals surface area contributed by atoms with Crippen LogP contribution in [0.2, 0.25) is 0 Å². The maximum absolute atomic E-state index is 12.3. The summed E-state index contributed by atoms with van der Waals surface area (Å²) in [5.41, 5.74) is 0.954. The van der Waals surface area contributed by atoms with E-state index in [0.29, 0.717) is 23.6 Å². The number of amides is 2. The highest BCUT2D eigenvalue weighted by Gasteiger charge is 2.22. The topological polar surface area (TPSA) is 101 Å². The van der Waals surface area contributed by atoms with Crippen LogP contribution in [0.5, 0.6) is 5.88 Å². The first-order valence-electron chi connectivity index (χ1n) is 9.48. The number of hydrogen-bond acceptors (Lipinski definition) is 7. The van der Waals surface area contributed by atoms with Crippen LogP contribution in [-0.4, -0.2) is 39.7 Å². The van der Waals surface area contributed by atoms with E-state index in [0.717, 1.165) is 30.0 Å². The van der Waals surface area contributed by atoms with E-state index in [1.54, 1.807) is 36.0 Å². The van der Waals surface area contributed by atoms with Crippen molar-refractivity contribution in [2.75, 3.05) is 17.2 Å². The molecule has 4 rings (SSSR count). The van der Waals surface area contributed by atoms with Gasteiger partial charge >= 0.3 is 6.03 Å². The van der Waals surface area contributed by atoms with Gasteiger partial charge < -0.3 is 10.1 Å². The second-order valence-electron chi connectivity index (χ2n) is 6.74. The molecule has 0 aromatic carbocycles. The molecule has 2 amide bonds. The summed E-state index contributed by atoms with van der Waals surface area (Å²) in [5, 5.41) is 11.5. The molecule has 4 heterocycles. The lowest BCUT2D eigenvalue weighted by molar-refractivity contribution is 0.173. The van der Waals surface area contributed by atoms with Crippen molar-refractivity contribution < 1.29 is 9.53 Å². The molecule has 9 heteroatoms. The lowest BCUT2D eigenvalue weighted by Gasteiger charge is -2.20. The third-order valence-corrected chi connectivity index (χ3v) is 5.50. The van der Waals surface area contributed by atoms with Gasteiger partial charge in [-0.25, -0.2) is 9.78 Å². The minimum absolute atomic E-state index is 0.00990. The molecular formula is C20H22N6O2S. The lowest BCUT2D eigenvalue weighted by atomic mass is 10.1. The Hall–Kier alpha value is -3.04. The molecule has 0 saturated carbocycles. The van der Waals surface area contributed by atoms with Gasteiger partial charge in [-0.3, -0.25) is 15.6 Å². The van der Waals surface area contributed by atoms with Crippen molar-refractivity contribution in [2.24, 2.45) is 0 Å². The summed E-state index contributed by atoms with van der Waals surface area (Å²) < 4.78 is 5.93. The largest absolute Gasteiger partial charge is 0.473 e. The van der Waals surface area contributed by atoms with Crippen LogP contribution >= 0.6 is 11.3 Å². The molecule has 0 aliphatic carbocycles. The maximum atomic E-state index is 12.3. The number of nitrogens with one attached hydrogen (secondary N) is 3. The molecule has 1 aliphatic rings. The number of carbonyl (C=O) groups is 1. The Labute approximate surface area is 172 Å². The van der Waals surface area contributed by atoms with E-state index in [9.17, 15) is 4.79 Å². The summed E-state index contributed by atoms with van der Waals surface area (Å²) in [4.78, 5) is 25.1. The van der Waals surface area contributed by atoms with Crippen molar-refractivity contribution in [3.63, 3.8) is 0 Å². The highest BCUT2D eigenvalue weighted by atomic mass is 32.1. The zero-order valence-corrected chi connectivity index (χ0v) is 16.8. The molecule has 2 atom stereocenters. The molecule has 8 nitrogen and oxygen atoms in total. The standard InChI is InChI=1S/C20H22N6O2S/c1-13(15-4-3-9-22-15)28-18-6-2-5-16(23-18)25-20(27)26-17-12-29-19(24-17)14-7-10-21-11-8-14/h2,5-8,10-13,15,22H,3-4,9H2,1H3,(H2,23,25,26,27). The van der Waals surface area contributed by atoms with Crippen molar-refractivity contribution in [1.29, 1.82) is 0 Å². The quantitative estimate of drug-likeness (QED) is 0.572. The number of hydrogen-bond donors (Lipinski definition) is 3. The van der Waals surface area contributed by atoms with Crippen LogP contribution in [0.3, 0.4) is 0 Å². The zero-order valence-electron chi connectivity index (χ0n) is 16.0. The Morgan fingerprint density at radius 3 is 2.83 bits per heavy atom. The van der Waals surface area contributed by atoms with Crippen molar-refractivity contribution in [3.8, 4) is 16.5 Å². The Kier molecular flexibility index (Phi) is 5.97. The van der Waals surface area contributed by atoms with E-state index in [-0.39, 0.29) is 6.10 Å². The lowest BCUT2D eigenvalue weighted by Crippen LogP contribution is -2.36. The van der Waals surface area contributed by atoms with Gasteiger partial charge in [0, 0.05) is 35.4 Å². The van der Waals surface area contributed by atoms with Crippen LogP contribution in [0.4, 0.5) is 16.4 Å². The molecule has 150 valence electrons. The number of thiazole rings is 1. The van der Waals surface area contributed by atoms with Crippen LogP contribution in [0.15, 0.2) is 48.1 Å². The van der Waals surface area contributed by atoms with Gasteiger partial charge in [-0.05, 0) is 44.5 Å². The van der Waals surface area contributed by atoms with Gasteiger partial charge in [0.1, 0.15) is 22.7 Å². The molecule has 1 fully saturated rings. The van der Waals surface area contributed by atoms with Gasteiger partial charge in [-0.2, -0.15) is 4.98 Å². The minimum atomic E-state index is -0.410. The van der Waals surface area contributed by atoms with Crippen LogP contribution in [0, 0.1) is 0 Å². The average molecular weight is 411 g/mol. The molecule has 2 unspecified atom stereocenters. The summed E-state index contributed by atoms with van der Waals surface area (Å²) in [7, 11) is 0. The Bertz CT molecular complexity index is 958. The van der Waals surface area contributed by atoms with Crippen LogP contribution in [-0.2, 0) is 0 Å². The molecule has 1 aliphatic heterocycles. The fourth-order valence-electron chi connectivity index (χ4n) is 3.16. The molecule has 3 aromatic heterocycles. The number of urea groups is 1. The number of anilines is 2. The van der Waals surface area contributed by atoms with E-state index in [1.807, 2.05) is 19.1 Å². The van der Waals surface area contributed by atoms with Crippen LogP contribution in [0.25, 0.3) is 10.6 Å². The summed E-state index contributed by atoms with van der Waals surface area (Å²) >= 11 is 1.45. The first-order valence-corrected chi connectivity index (χ1v) is 10.4.